The maximum absolute atomic E-state index is 12.9. The van der Waals surface area contributed by atoms with Crippen LogP contribution < -0.4 is 4.90 Å². The van der Waals surface area contributed by atoms with E-state index in [0.717, 1.165) is 16.4 Å². The SMILES string of the molecule is Cc1ccc(-c2csc(N3CCN(S(=O)(=O)c4ccc(Cl)c(Cl)c4)CC3)n2)cc1C. The number of sulfonamides is 1. The number of nitrogens with zero attached hydrogens (tertiary/aromatic N) is 3. The minimum Gasteiger partial charge on any atom is -0.345 e. The second-order valence-corrected chi connectivity index (χ2v) is 10.9. The fraction of sp³-hybridized carbons (Fsp3) is 0.286. The number of hydrogen-bond donors (Lipinski definition) is 0. The van der Waals surface area contributed by atoms with Gasteiger partial charge in [-0.25, -0.2) is 13.4 Å². The van der Waals surface area contributed by atoms with Crippen LogP contribution in [0.5, 0.6) is 0 Å². The zero-order valence-corrected chi connectivity index (χ0v) is 19.7. The van der Waals surface area contributed by atoms with Crippen LogP contribution in [0.15, 0.2) is 46.7 Å². The molecule has 0 radical (unpaired) electrons. The van der Waals surface area contributed by atoms with Crippen molar-refractivity contribution in [2.75, 3.05) is 31.1 Å². The molecule has 5 nitrogen and oxygen atoms in total. The van der Waals surface area contributed by atoms with E-state index in [0.29, 0.717) is 31.2 Å². The van der Waals surface area contributed by atoms with Gasteiger partial charge in [-0.1, -0.05) is 35.3 Å². The first-order valence-electron chi connectivity index (χ1n) is 9.49. The van der Waals surface area contributed by atoms with Crippen LogP contribution >= 0.6 is 34.5 Å². The third-order valence-electron chi connectivity index (χ3n) is 5.33. The van der Waals surface area contributed by atoms with Gasteiger partial charge in [0, 0.05) is 37.1 Å². The summed E-state index contributed by atoms with van der Waals surface area (Å²) in [7, 11) is -3.61. The van der Waals surface area contributed by atoms with E-state index >= 15 is 0 Å². The topological polar surface area (TPSA) is 53.5 Å². The van der Waals surface area contributed by atoms with E-state index < -0.39 is 10.0 Å². The highest BCUT2D eigenvalue weighted by atomic mass is 35.5. The standard InChI is InChI=1S/C21H21Cl2N3O2S2/c1-14-3-4-16(11-15(14)2)20-13-29-21(24-20)25-7-9-26(10-8-25)30(27,28)17-5-6-18(22)19(23)12-17/h3-6,11-13H,7-10H2,1-2H3. The lowest BCUT2D eigenvalue weighted by atomic mass is 10.1. The van der Waals surface area contributed by atoms with Crippen LogP contribution in [0.25, 0.3) is 11.3 Å². The Morgan fingerprint density at radius 1 is 0.933 bits per heavy atom. The number of hydrogen-bond acceptors (Lipinski definition) is 5. The van der Waals surface area contributed by atoms with Gasteiger partial charge in [-0.05, 0) is 49.2 Å². The third kappa shape index (κ3) is 4.22. The minimum absolute atomic E-state index is 0.164. The Morgan fingerprint density at radius 2 is 1.67 bits per heavy atom. The maximum Gasteiger partial charge on any atom is 0.243 e. The van der Waals surface area contributed by atoms with Gasteiger partial charge in [-0.3, -0.25) is 0 Å². The molecule has 0 N–H and O–H groups in total. The first-order valence-corrected chi connectivity index (χ1v) is 12.6. The Morgan fingerprint density at radius 3 is 2.33 bits per heavy atom. The average Bonchev–Trinajstić information content (AvgIpc) is 3.22. The van der Waals surface area contributed by atoms with E-state index in [-0.39, 0.29) is 9.92 Å². The molecule has 4 rings (SSSR count). The number of benzene rings is 2. The molecule has 0 bridgehead atoms. The summed E-state index contributed by atoms with van der Waals surface area (Å²) >= 11 is 13.5. The van der Waals surface area contributed by atoms with E-state index in [1.54, 1.807) is 11.3 Å². The van der Waals surface area contributed by atoms with E-state index in [9.17, 15) is 8.42 Å². The number of thiazole rings is 1. The van der Waals surface area contributed by atoms with Crippen molar-refractivity contribution < 1.29 is 8.42 Å². The van der Waals surface area contributed by atoms with Crippen molar-refractivity contribution in [1.29, 1.82) is 0 Å². The first-order chi connectivity index (χ1) is 14.3. The quantitative estimate of drug-likeness (QED) is 0.510. The summed E-state index contributed by atoms with van der Waals surface area (Å²) in [5.41, 5.74) is 4.54. The van der Waals surface area contributed by atoms with Gasteiger partial charge in [0.25, 0.3) is 0 Å². The van der Waals surface area contributed by atoms with Gasteiger partial charge in [0.05, 0.1) is 20.6 Å². The highest BCUT2D eigenvalue weighted by Gasteiger charge is 2.29. The molecule has 1 aliphatic rings. The van der Waals surface area contributed by atoms with E-state index in [1.807, 2.05) is 0 Å². The van der Waals surface area contributed by atoms with Crippen molar-refractivity contribution in [1.82, 2.24) is 9.29 Å². The molecule has 1 aromatic heterocycles. The molecular formula is C21H21Cl2N3O2S2. The number of halogens is 2. The molecule has 158 valence electrons. The fourth-order valence-electron chi connectivity index (χ4n) is 3.35. The summed E-state index contributed by atoms with van der Waals surface area (Å²) < 4.78 is 27.4. The van der Waals surface area contributed by atoms with Crippen LogP contribution in [0.1, 0.15) is 11.1 Å². The van der Waals surface area contributed by atoms with Gasteiger partial charge in [0.15, 0.2) is 5.13 Å². The molecular weight excluding hydrogens is 461 g/mol. The average molecular weight is 482 g/mol. The summed E-state index contributed by atoms with van der Waals surface area (Å²) in [5, 5.41) is 3.54. The Balaban J connectivity index is 1.46. The van der Waals surface area contributed by atoms with Crippen LogP contribution in [-0.2, 0) is 10.0 Å². The molecule has 0 atom stereocenters. The number of aromatic nitrogens is 1. The number of aryl methyl sites for hydroxylation is 2. The van der Waals surface area contributed by atoms with Crippen molar-refractivity contribution in [3.63, 3.8) is 0 Å². The van der Waals surface area contributed by atoms with Crippen LogP contribution in [0, 0.1) is 13.8 Å². The zero-order valence-electron chi connectivity index (χ0n) is 16.6. The van der Waals surface area contributed by atoms with Crippen LogP contribution in [0.3, 0.4) is 0 Å². The molecule has 1 aliphatic heterocycles. The number of rotatable bonds is 4. The molecule has 2 aromatic carbocycles. The number of anilines is 1. The van der Waals surface area contributed by atoms with E-state index in [1.165, 1.54) is 33.6 Å². The third-order valence-corrected chi connectivity index (χ3v) is 8.87. The Bertz CT molecular complexity index is 1190. The normalized spacial score (nSPS) is 15.5. The largest absolute Gasteiger partial charge is 0.345 e. The fourth-order valence-corrected chi connectivity index (χ4v) is 6.05. The van der Waals surface area contributed by atoms with Crippen LogP contribution in [-0.4, -0.2) is 43.9 Å². The summed E-state index contributed by atoms with van der Waals surface area (Å²) in [6.45, 7) is 6.14. The first kappa shape index (κ1) is 21.6. The Hall–Kier alpha value is -1.64. The summed E-state index contributed by atoms with van der Waals surface area (Å²) in [4.78, 5) is 7.08. The van der Waals surface area contributed by atoms with Gasteiger partial charge in [-0.15, -0.1) is 11.3 Å². The summed E-state index contributed by atoms with van der Waals surface area (Å²) in [5.74, 6) is 0. The monoisotopic (exact) mass is 481 g/mol. The molecule has 0 aliphatic carbocycles. The van der Waals surface area contributed by atoms with Gasteiger partial charge in [0.1, 0.15) is 0 Å². The molecule has 0 saturated carbocycles. The molecule has 30 heavy (non-hydrogen) atoms. The number of piperazine rings is 1. The highest BCUT2D eigenvalue weighted by Crippen LogP contribution is 2.31. The molecule has 1 fully saturated rings. The van der Waals surface area contributed by atoms with Crippen LogP contribution in [0.4, 0.5) is 5.13 Å². The molecule has 0 amide bonds. The van der Waals surface area contributed by atoms with Crippen molar-refractivity contribution in [3.05, 3.63) is 63.0 Å². The van der Waals surface area contributed by atoms with Crippen molar-refractivity contribution in [3.8, 4) is 11.3 Å². The van der Waals surface area contributed by atoms with Gasteiger partial charge in [-0.2, -0.15) is 4.31 Å². The minimum atomic E-state index is -3.61. The van der Waals surface area contributed by atoms with Gasteiger partial charge < -0.3 is 4.90 Å². The second kappa shape index (κ2) is 8.48. The van der Waals surface area contributed by atoms with Crippen molar-refractivity contribution >= 4 is 49.7 Å². The van der Waals surface area contributed by atoms with Crippen LogP contribution in [0.2, 0.25) is 10.0 Å². The van der Waals surface area contributed by atoms with E-state index in [2.05, 4.69) is 42.3 Å². The molecule has 1 saturated heterocycles. The predicted octanol–water partition coefficient (Wildman–Crippen LogP) is 5.24. The molecule has 2 heterocycles. The highest BCUT2D eigenvalue weighted by molar-refractivity contribution is 7.89. The lowest BCUT2D eigenvalue weighted by Gasteiger charge is -2.33. The Kier molecular flexibility index (Phi) is 6.10. The lowest BCUT2D eigenvalue weighted by Crippen LogP contribution is -2.48. The lowest BCUT2D eigenvalue weighted by molar-refractivity contribution is 0.385. The van der Waals surface area contributed by atoms with Gasteiger partial charge in [0.2, 0.25) is 10.0 Å². The summed E-state index contributed by atoms with van der Waals surface area (Å²) in [6.07, 6.45) is 0. The van der Waals surface area contributed by atoms with E-state index in [4.69, 9.17) is 28.2 Å². The molecule has 0 unspecified atom stereocenters. The summed E-state index contributed by atoms with van der Waals surface area (Å²) in [6, 6.07) is 10.8. The van der Waals surface area contributed by atoms with Gasteiger partial charge >= 0.3 is 0 Å². The van der Waals surface area contributed by atoms with Crippen molar-refractivity contribution in [2.24, 2.45) is 0 Å². The Labute approximate surface area is 190 Å². The maximum atomic E-state index is 12.9. The van der Waals surface area contributed by atoms with Crippen molar-refractivity contribution in [2.45, 2.75) is 18.7 Å². The molecule has 9 heteroatoms. The zero-order chi connectivity index (χ0) is 21.5. The molecule has 3 aromatic rings. The molecule has 0 spiro atoms. The smallest absolute Gasteiger partial charge is 0.243 e. The second-order valence-electron chi connectivity index (χ2n) is 7.28. The predicted molar refractivity (Wildman–Crippen MR) is 124 cm³/mol.